The minimum atomic E-state index is -3.72. The van der Waals surface area contributed by atoms with Crippen molar-refractivity contribution in [1.29, 1.82) is 0 Å². The van der Waals surface area contributed by atoms with Crippen molar-refractivity contribution in [3.63, 3.8) is 0 Å². The molecule has 1 amide bonds. The quantitative estimate of drug-likeness (QED) is 0.468. The van der Waals surface area contributed by atoms with Crippen LogP contribution in [0, 0.1) is 5.82 Å². The molecule has 2 aromatic heterocycles. The molecule has 0 spiro atoms. The first-order chi connectivity index (χ1) is 16.3. The third-order valence-corrected chi connectivity index (χ3v) is 7.85. The van der Waals surface area contributed by atoms with Gasteiger partial charge in [-0.05, 0) is 54.6 Å². The number of nitrogens with one attached hydrogen (secondary N) is 1. The van der Waals surface area contributed by atoms with Crippen LogP contribution < -0.4 is 4.90 Å². The maximum absolute atomic E-state index is 13.7. The molecule has 0 unspecified atom stereocenters. The summed E-state index contributed by atoms with van der Waals surface area (Å²) >= 11 is 0. The SMILES string of the molecule is CN(c1ccc(S(=O)(=O)N2CCN(C(=O)c3ccco3)CC2)cc1)c1n[nH]c2ccc(F)cc12. The van der Waals surface area contributed by atoms with E-state index in [-0.39, 0.29) is 48.6 Å². The van der Waals surface area contributed by atoms with Gasteiger partial charge in [-0.25, -0.2) is 12.8 Å². The molecule has 1 aliphatic heterocycles. The van der Waals surface area contributed by atoms with Crippen LogP contribution >= 0.6 is 0 Å². The Morgan fingerprint density at radius 1 is 1.09 bits per heavy atom. The number of benzene rings is 2. The highest BCUT2D eigenvalue weighted by Gasteiger charge is 2.31. The highest BCUT2D eigenvalue weighted by atomic mass is 32.2. The fraction of sp³-hybridized carbons (Fsp3) is 0.217. The summed E-state index contributed by atoms with van der Waals surface area (Å²) in [4.78, 5) is 15.9. The molecule has 11 heteroatoms. The van der Waals surface area contributed by atoms with Gasteiger partial charge in [0.2, 0.25) is 10.0 Å². The fourth-order valence-electron chi connectivity index (χ4n) is 4.03. The number of furan rings is 1. The second-order valence-corrected chi connectivity index (χ2v) is 9.90. The van der Waals surface area contributed by atoms with E-state index in [4.69, 9.17) is 4.42 Å². The Morgan fingerprint density at radius 2 is 1.82 bits per heavy atom. The first-order valence-electron chi connectivity index (χ1n) is 10.6. The molecular weight excluding hydrogens is 461 g/mol. The number of amides is 1. The lowest BCUT2D eigenvalue weighted by Gasteiger charge is -2.33. The Hall–Kier alpha value is -3.70. The van der Waals surface area contributed by atoms with Crippen molar-refractivity contribution in [3.8, 4) is 0 Å². The second-order valence-electron chi connectivity index (χ2n) is 7.96. The number of hydrogen-bond acceptors (Lipinski definition) is 6. The molecule has 1 fully saturated rings. The highest BCUT2D eigenvalue weighted by Crippen LogP contribution is 2.30. The zero-order chi connectivity index (χ0) is 23.9. The number of carbonyl (C=O) groups excluding carboxylic acids is 1. The van der Waals surface area contributed by atoms with Crippen LogP contribution in [0.1, 0.15) is 10.6 Å². The molecule has 3 heterocycles. The fourth-order valence-corrected chi connectivity index (χ4v) is 5.45. The molecule has 1 saturated heterocycles. The van der Waals surface area contributed by atoms with Crippen molar-refractivity contribution in [2.45, 2.75) is 4.90 Å². The summed E-state index contributed by atoms with van der Waals surface area (Å²) in [6.45, 7) is 0.952. The van der Waals surface area contributed by atoms with Crippen molar-refractivity contribution in [3.05, 3.63) is 72.4 Å². The molecule has 176 valence electrons. The lowest BCUT2D eigenvalue weighted by atomic mass is 10.2. The number of anilines is 2. The van der Waals surface area contributed by atoms with E-state index in [1.165, 1.54) is 34.8 Å². The summed E-state index contributed by atoms with van der Waals surface area (Å²) in [5.74, 6) is 0.155. The monoisotopic (exact) mass is 483 g/mol. The Kier molecular flexibility index (Phi) is 5.58. The van der Waals surface area contributed by atoms with Crippen LogP contribution in [0.25, 0.3) is 10.9 Å². The zero-order valence-corrected chi connectivity index (χ0v) is 19.1. The minimum absolute atomic E-state index is 0.161. The number of aromatic nitrogens is 2. The number of piperazine rings is 1. The van der Waals surface area contributed by atoms with Crippen LogP contribution in [0.15, 0.2) is 70.2 Å². The van der Waals surface area contributed by atoms with Gasteiger partial charge in [0.25, 0.3) is 5.91 Å². The van der Waals surface area contributed by atoms with Crippen molar-refractivity contribution in [1.82, 2.24) is 19.4 Å². The van der Waals surface area contributed by atoms with Gasteiger partial charge in [0.1, 0.15) is 5.82 Å². The minimum Gasteiger partial charge on any atom is -0.459 e. The summed E-state index contributed by atoms with van der Waals surface area (Å²) in [6, 6.07) is 14.1. The number of rotatable bonds is 5. The molecule has 0 atom stereocenters. The molecule has 0 radical (unpaired) electrons. The average molecular weight is 484 g/mol. The van der Waals surface area contributed by atoms with Crippen molar-refractivity contribution in [2.24, 2.45) is 0 Å². The lowest BCUT2D eigenvalue weighted by Crippen LogP contribution is -2.50. The third kappa shape index (κ3) is 3.93. The van der Waals surface area contributed by atoms with Gasteiger partial charge in [0.15, 0.2) is 11.6 Å². The molecule has 5 rings (SSSR count). The lowest BCUT2D eigenvalue weighted by molar-refractivity contribution is 0.0666. The first kappa shape index (κ1) is 22.1. The summed E-state index contributed by atoms with van der Waals surface area (Å²) in [7, 11) is -1.94. The van der Waals surface area contributed by atoms with E-state index in [0.29, 0.717) is 22.4 Å². The van der Waals surface area contributed by atoms with E-state index in [0.717, 1.165) is 0 Å². The Balaban J connectivity index is 1.30. The predicted molar refractivity (Wildman–Crippen MR) is 124 cm³/mol. The van der Waals surface area contributed by atoms with Gasteiger partial charge in [-0.1, -0.05) is 0 Å². The number of hydrogen-bond donors (Lipinski definition) is 1. The maximum Gasteiger partial charge on any atom is 0.289 e. The molecule has 9 nitrogen and oxygen atoms in total. The van der Waals surface area contributed by atoms with E-state index in [9.17, 15) is 17.6 Å². The molecule has 1 aliphatic rings. The molecule has 0 bridgehead atoms. The van der Waals surface area contributed by atoms with Crippen LogP contribution in [-0.4, -0.2) is 67.0 Å². The summed E-state index contributed by atoms with van der Waals surface area (Å²) in [5.41, 5.74) is 1.40. The third-order valence-electron chi connectivity index (χ3n) is 5.94. The van der Waals surface area contributed by atoms with Gasteiger partial charge < -0.3 is 14.2 Å². The van der Waals surface area contributed by atoms with E-state index < -0.39 is 10.0 Å². The number of H-pyrrole nitrogens is 1. The molecule has 0 saturated carbocycles. The number of aromatic amines is 1. The van der Waals surface area contributed by atoms with Crippen molar-refractivity contribution >= 4 is 38.3 Å². The van der Waals surface area contributed by atoms with Gasteiger partial charge in [-0.2, -0.15) is 9.40 Å². The smallest absolute Gasteiger partial charge is 0.289 e. The van der Waals surface area contributed by atoms with E-state index in [2.05, 4.69) is 10.2 Å². The normalized spacial score (nSPS) is 15.1. The largest absolute Gasteiger partial charge is 0.459 e. The van der Waals surface area contributed by atoms with Gasteiger partial charge in [-0.15, -0.1) is 0 Å². The predicted octanol–water partition coefficient (Wildman–Crippen LogP) is 3.21. The van der Waals surface area contributed by atoms with Crippen molar-refractivity contribution in [2.75, 3.05) is 38.1 Å². The van der Waals surface area contributed by atoms with Gasteiger partial charge in [0, 0.05) is 44.3 Å². The Morgan fingerprint density at radius 3 is 2.50 bits per heavy atom. The van der Waals surface area contributed by atoms with Crippen LogP contribution in [-0.2, 0) is 10.0 Å². The highest BCUT2D eigenvalue weighted by molar-refractivity contribution is 7.89. The molecule has 1 N–H and O–H groups in total. The Labute approximate surface area is 195 Å². The molecule has 0 aliphatic carbocycles. The van der Waals surface area contributed by atoms with Gasteiger partial charge in [0.05, 0.1) is 16.7 Å². The van der Waals surface area contributed by atoms with E-state index in [1.54, 1.807) is 47.2 Å². The molecule has 4 aromatic rings. The van der Waals surface area contributed by atoms with E-state index >= 15 is 0 Å². The molecular formula is C23H22FN5O4S. The van der Waals surface area contributed by atoms with Crippen LogP contribution in [0.3, 0.4) is 0 Å². The van der Waals surface area contributed by atoms with E-state index in [1.807, 2.05) is 0 Å². The zero-order valence-electron chi connectivity index (χ0n) is 18.3. The number of nitrogens with zero attached hydrogens (tertiary/aromatic N) is 4. The number of fused-ring (bicyclic) bond motifs is 1. The Bertz CT molecular complexity index is 1430. The average Bonchev–Trinajstić information content (AvgIpc) is 3.53. The summed E-state index contributed by atoms with van der Waals surface area (Å²) in [6.07, 6.45) is 1.43. The summed E-state index contributed by atoms with van der Waals surface area (Å²) in [5, 5.41) is 7.76. The topological polar surface area (TPSA) is 103 Å². The second kappa shape index (κ2) is 8.58. The number of sulfonamides is 1. The first-order valence-corrected chi connectivity index (χ1v) is 12.1. The maximum atomic E-state index is 13.7. The number of halogens is 1. The van der Waals surface area contributed by atoms with Crippen LogP contribution in [0.4, 0.5) is 15.9 Å². The molecule has 2 aromatic carbocycles. The van der Waals surface area contributed by atoms with Crippen molar-refractivity contribution < 1.29 is 22.0 Å². The number of carbonyl (C=O) groups is 1. The van der Waals surface area contributed by atoms with Crippen LogP contribution in [0.5, 0.6) is 0 Å². The summed E-state index contributed by atoms with van der Waals surface area (Å²) < 4.78 is 46.5. The van der Waals surface area contributed by atoms with Gasteiger partial charge in [-0.3, -0.25) is 9.89 Å². The van der Waals surface area contributed by atoms with Gasteiger partial charge >= 0.3 is 0 Å². The molecule has 34 heavy (non-hydrogen) atoms. The standard InChI is InChI=1S/C23H22FN5O4S/c1-27(22-19-15-16(24)4-9-20(19)25-26-22)17-5-7-18(8-6-17)34(31,32)29-12-10-28(11-13-29)23(30)21-3-2-14-33-21/h2-9,14-15H,10-13H2,1H3,(H,25,26). The van der Waals surface area contributed by atoms with Crippen LogP contribution in [0.2, 0.25) is 0 Å².